The Morgan fingerprint density at radius 3 is 0.852 bits per heavy atom. The molecular weight excluding hydrogens is 757 g/mol. The van der Waals surface area contributed by atoms with Crippen LogP contribution in [0.3, 0.4) is 0 Å². The first-order valence-electron chi connectivity index (χ1n) is 27.4. The van der Waals surface area contributed by atoms with E-state index in [1.54, 1.807) is 0 Å². The van der Waals surface area contributed by atoms with Crippen molar-refractivity contribution in [1.29, 1.82) is 0 Å². The summed E-state index contributed by atoms with van der Waals surface area (Å²) in [6, 6.07) is 0. The fraction of sp³-hybridized carbons (Fsp3) is 0.945. The van der Waals surface area contributed by atoms with Crippen LogP contribution in [0.4, 0.5) is 0 Å². The van der Waals surface area contributed by atoms with Crippen molar-refractivity contribution < 1.29 is 28.6 Å². The van der Waals surface area contributed by atoms with E-state index in [-0.39, 0.29) is 31.1 Å². The molecule has 1 unspecified atom stereocenters. The van der Waals surface area contributed by atoms with Gasteiger partial charge in [-0.05, 0) is 25.2 Å². The number of hydrogen-bond acceptors (Lipinski definition) is 6. The largest absolute Gasteiger partial charge is 0.462 e. The maximum absolute atomic E-state index is 12.7. The van der Waals surface area contributed by atoms with Crippen LogP contribution in [0.1, 0.15) is 310 Å². The highest BCUT2D eigenvalue weighted by molar-refractivity contribution is 5.71. The van der Waals surface area contributed by atoms with Crippen molar-refractivity contribution in [2.75, 3.05) is 13.2 Å². The van der Waals surface area contributed by atoms with E-state index in [4.69, 9.17) is 14.2 Å². The quantitative estimate of drug-likeness (QED) is 0.0344. The Morgan fingerprint density at radius 2 is 0.574 bits per heavy atom. The van der Waals surface area contributed by atoms with Gasteiger partial charge in [-0.25, -0.2) is 0 Å². The minimum Gasteiger partial charge on any atom is -0.462 e. The van der Waals surface area contributed by atoms with Gasteiger partial charge in [-0.15, -0.1) is 0 Å². The molecule has 0 aliphatic carbocycles. The van der Waals surface area contributed by atoms with Crippen LogP contribution in [0, 0.1) is 5.92 Å². The van der Waals surface area contributed by atoms with Gasteiger partial charge in [0.15, 0.2) is 6.10 Å². The lowest BCUT2D eigenvalue weighted by atomic mass is 9.99. The van der Waals surface area contributed by atoms with Crippen molar-refractivity contribution in [3.8, 4) is 0 Å². The van der Waals surface area contributed by atoms with Crippen LogP contribution in [-0.2, 0) is 28.6 Å². The topological polar surface area (TPSA) is 78.9 Å². The SMILES string of the molecule is CCCCCCCCCCCCCCCCCCC(=O)OC[C@H](COC(=O)CCCCCCCCCCCCCCCCC(C)CC)OC(=O)CCCCCCCCCCC. The van der Waals surface area contributed by atoms with Gasteiger partial charge in [-0.2, -0.15) is 0 Å². The molecule has 362 valence electrons. The third kappa shape index (κ3) is 47.7. The van der Waals surface area contributed by atoms with E-state index in [1.165, 1.54) is 205 Å². The van der Waals surface area contributed by atoms with Crippen LogP contribution in [0.5, 0.6) is 0 Å². The zero-order valence-corrected chi connectivity index (χ0v) is 41.6. The maximum Gasteiger partial charge on any atom is 0.306 e. The van der Waals surface area contributed by atoms with Gasteiger partial charge in [0.25, 0.3) is 0 Å². The molecule has 0 amide bonds. The molecule has 0 fully saturated rings. The Hall–Kier alpha value is -1.59. The Morgan fingerprint density at radius 1 is 0.328 bits per heavy atom. The lowest BCUT2D eigenvalue weighted by Crippen LogP contribution is -2.30. The summed E-state index contributed by atoms with van der Waals surface area (Å²) in [6.45, 7) is 9.07. The molecule has 0 rings (SSSR count). The number of carbonyl (C=O) groups is 3. The molecule has 0 aromatic carbocycles. The molecule has 0 aromatic rings. The molecule has 61 heavy (non-hydrogen) atoms. The summed E-state index contributed by atoms with van der Waals surface area (Å²) in [6.07, 6.45) is 52.3. The monoisotopic (exact) mass is 863 g/mol. The first-order valence-corrected chi connectivity index (χ1v) is 27.4. The highest BCUT2D eigenvalue weighted by Crippen LogP contribution is 2.18. The van der Waals surface area contributed by atoms with Crippen molar-refractivity contribution >= 4 is 17.9 Å². The van der Waals surface area contributed by atoms with Gasteiger partial charge in [0.05, 0.1) is 0 Å². The van der Waals surface area contributed by atoms with E-state index in [2.05, 4.69) is 27.7 Å². The molecule has 0 aromatic heterocycles. The van der Waals surface area contributed by atoms with Gasteiger partial charge in [0.1, 0.15) is 13.2 Å². The van der Waals surface area contributed by atoms with Crippen LogP contribution in [0.15, 0.2) is 0 Å². The summed E-state index contributed by atoms with van der Waals surface area (Å²) >= 11 is 0. The van der Waals surface area contributed by atoms with Crippen molar-refractivity contribution in [2.45, 2.75) is 316 Å². The Bertz CT molecular complexity index is 920. The number of unbranched alkanes of at least 4 members (excludes halogenated alkanes) is 36. The van der Waals surface area contributed by atoms with E-state index in [1.807, 2.05) is 0 Å². The molecule has 6 heteroatoms. The van der Waals surface area contributed by atoms with Gasteiger partial charge in [0, 0.05) is 19.3 Å². The molecule has 0 aliphatic rings. The summed E-state index contributed by atoms with van der Waals surface area (Å²) in [4.78, 5) is 37.9. The summed E-state index contributed by atoms with van der Waals surface area (Å²) in [5, 5.41) is 0. The second kappa shape index (κ2) is 49.4. The molecule has 6 nitrogen and oxygen atoms in total. The minimum atomic E-state index is -0.760. The molecule has 0 saturated heterocycles. The minimum absolute atomic E-state index is 0.0625. The van der Waals surface area contributed by atoms with Crippen LogP contribution in [-0.4, -0.2) is 37.2 Å². The second-order valence-electron chi connectivity index (χ2n) is 19.1. The van der Waals surface area contributed by atoms with Gasteiger partial charge in [-0.3, -0.25) is 14.4 Å². The first kappa shape index (κ1) is 59.4. The zero-order chi connectivity index (χ0) is 44.5. The van der Waals surface area contributed by atoms with E-state index in [0.29, 0.717) is 19.3 Å². The lowest BCUT2D eigenvalue weighted by Gasteiger charge is -2.18. The van der Waals surface area contributed by atoms with Gasteiger partial charge in [-0.1, -0.05) is 272 Å². The Kier molecular flexibility index (Phi) is 48.1. The third-order valence-corrected chi connectivity index (χ3v) is 12.9. The maximum atomic E-state index is 12.7. The number of esters is 3. The van der Waals surface area contributed by atoms with E-state index in [0.717, 1.165) is 63.7 Å². The van der Waals surface area contributed by atoms with Gasteiger partial charge < -0.3 is 14.2 Å². The molecular formula is C55H106O6. The molecule has 0 N–H and O–H groups in total. The van der Waals surface area contributed by atoms with Crippen molar-refractivity contribution in [1.82, 2.24) is 0 Å². The standard InChI is InChI=1S/C55H106O6/c1-5-8-10-12-14-16-17-18-19-20-24-27-31-34-38-42-46-53(56)59-49-52(61-55(58)48-44-40-36-29-15-13-11-9-6-2)50-60-54(57)47-43-39-35-32-28-25-22-21-23-26-30-33-37-41-45-51(4)7-3/h51-52H,5-50H2,1-4H3/t51?,52-/m1/s1. The normalized spacial score (nSPS) is 12.4. The number of rotatable bonds is 50. The lowest BCUT2D eigenvalue weighted by molar-refractivity contribution is -0.167. The highest BCUT2D eigenvalue weighted by Gasteiger charge is 2.19. The number of carbonyl (C=O) groups excluding carboxylic acids is 3. The van der Waals surface area contributed by atoms with Gasteiger partial charge >= 0.3 is 17.9 Å². The van der Waals surface area contributed by atoms with E-state index in [9.17, 15) is 14.4 Å². The Labute approximate surface area is 380 Å². The fourth-order valence-electron chi connectivity index (χ4n) is 8.36. The predicted molar refractivity (Wildman–Crippen MR) is 261 cm³/mol. The summed E-state index contributed by atoms with van der Waals surface area (Å²) in [7, 11) is 0. The summed E-state index contributed by atoms with van der Waals surface area (Å²) < 4.78 is 16.8. The molecule has 0 saturated carbocycles. The Balaban J connectivity index is 4.20. The molecule has 0 spiro atoms. The van der Waals surface area contributed by atoms with Crippen molar-refractivity contribution in [2.24, 2.45) is 5.92 Å². The number of hydrogen-bond donors (Lipinski definition) is 0. The predicted octanol–water partition coefficient (Wildman–Crippen LogP) is 17.8. The van der Waals surface area contributed by atoms with Crippen LogP contribution >= 0.6 is 0 Å². The van der Waals surface area contributed by atoms with E-state index >= 15 is 0 Å². The van der Waals surface area contributed by atoms with Crippen molar-refractivity contribution in [3.05, 3.63) is 0 Å². The summed E-state index contributed by atoms with van der Waals surface area (Å²) in [5.74, 6) is 0.0529. The molecule has 2 atom stereocenters. The van der Waals surface area contributed by atoms with Crippen LogP contribution < -0.4 is 0 Å². The van der Waals surface area contributed by atoms with E-state index < -0.39 is 6.10 Å². The average Bonchev–Trinajstić information content (AvgIpc) is 3.26. The fourth-order valence-corrected chi connectivity index (χ4v) is 8.36. The summed E-state index contributed by atoms with van der Waals surface area (Å²) in [5.41, 5.74) is 0. The molecule has 0 bridgehead atoms. The van der Waals surface area contributed by atoms with Crippen molar-refractivity contribution in [3.63, 3.8) is 0 Å². The van der Waals surface area contributed by atoms with Crippen LogP contribution in [0.2, 0.25) is 0 Å². The smallest absolute Gasteiger partial charge is 0.306 e. The van der Waals surface area contributed by atoms with Crippen LogP contribution in [0.25, 0.3) is 0 Å². The third-order valence-electron chi connectivity index (χ3n) is 12.9. The molecule has 0 radical (unpaired) electrons. The zero-order valence-electron chi connectivity index (χ0n) is 41.6. The van der Waals surface area contributed by atoms with Gasteiger partial charge in [0.2, 0.25) is 0 Å². The molecule has 0 heterocycles. The second-order valence-corrected chi connectivity index (χ2v) is 19.1. The average molecular weight is 863 g/mol. The first-order chi connectivity index (χ1) is 29.9. The number of ether oxygens (including phenoxy) is 3. The highest BCUT2D eigenvalue weighted by atomic mass is 16.6. The molecule has 0 aliphatic heterocycles.